The molecular formula is C7H10O4S. The van der Waals surface area contributed by atoms with Crippen LogP contribution in [-0.2, 0) is 19.0 Å². The molecule has 2 bridgehead atoms. The van der Waals surface area contributed by atoms with Crippen LogP contribution in [0.15, 0.2) is 0 Å². The monoisotopic (exact) mass is 190 g/mol. The van der Waals surface area contributed by atoms with Gasteiger partial charge in [0.2, 0.25) is 0 Å². The molecule has 3 saturated heterocycles. The number of ether oxygens (including phenoxy) is 1. The Morgan fingerprint density at radius 2 is 2.08 bits per heavy atom. The van der Waals surface area contributed by atoms with Crippen molar-refractivity contribution in [3.05, 3.63) is 0 Å². The molecule has 3 rings (SSSR count). The molecule has 0 spiro atoms. The summed E-state index contributed by atoms with van der Waals surface area (Å²) in [5.74, 6) is 0.110. The third-order valence-corrected chi connectivity index (χ3v) is 5.06. The van der Waals surface area contributed by atoms with Crippen molar-refractivity contribution in [2.24, 2.45) is 5.92 Å². The largest absolute Gasteiger partial charge is 0.370 e. The van der Waals surface area contributed by atoms with E-state index in [-0.39, 0.29) is 29.5 Å². The van der Waals surface area contributed by atoms with Crippen molar-refractivity contribution >= 4 is 10.1 Å². The highest BCUT2D eigenvalue weighted by Gasteiger charge is 2.64. The van der Waals surface area contributed by atoms with Crippen LogP contribution in [0.2, 0.25) is 0 Å². The van der Waals surface area contributed by atoms with Crippen molar-refractivity contribution in [2.75, 3.05) is 0 Å². The van der Waals surface area contributed by atoms with Gasteiger partial charge in [0.15, 0.2) is 0 Å². The summed E-state index contributed by atoms with van der Waals surface area (Å²) in [6.45, 7) is 1.93. The van der Waals surface area contributed by atoms with Gasteiger partial charge in [-0.05, 0) is 0 Å². The summed E-state index contributed by atoms with van der Waals surface area (Å²) < 4.78 is 33.2. The van der Waals surface area contributed by atoms with Crippen LogP contribution in [0.1, 0.15) is 13.3 Å². The van der Waals surface area contributed by atoms with Crippen molar-refractivity contribution in [1.82, 2.24) is 0 Å². The third kappa shape index (κ3) is 0.639. The summed E-state index contributed by atoms with van der Waals surface area (Å²) in [5.41, 5.74) is 0. The summed E-state index contributed by atoms with van der Waals surface area (Å²) in [4.78, 5) is 0. The average Bonchev–Trinajstić information content (AvgIpc) is 2.45. The number of hydrogen-bond donors (Lipinski definition) is 0. The third-order valence-electron chi connectivity index (χ3n) is 3.18. The van der Waals surface area contributed by atoms with Gasteiger partial charge in [-0.15, -0.1) is 0 Å². The van der Waals surface area contributed by atoms with E-state index in [1.54, 1.807) is 0 Å². The molecule has 5 heteroatoms. The molecule has 12 heavy (non-hydrogen) atoms. The van der Waals surface area contributed by atoms with Crippen LogP contribution in [0.4, 0.5) is 0 Å². The number of rotatable bonds is 0. The van der Waals surface area contributed by atoms with E-state index in [1.807, 2.05) is 6.92 Å². The van der Waals surface area contributed by atoms with Gasteiger partial charge in [0.25, 0.3) is 10.1 Å². The second-order valence-corrected chi connectivity index (χ2v) is 5.55. The van der Waals surface area contributed by atoms with E-state index >= 15 is 0 Å². The van der Waals surface area contributed by atoms with Gasteiger partial charge in [0.05, 0.1) is 6.10 Å². The molecule has 4 nitrogen and oxygen atoms in total. The summed E-state index contributed by atoms with van der Waals surface area (Å²) >= 11 is 0. The van der Waals surface area contributed by atoms with Gasteiger partial charge in [0, 0.05) is 12.3 Å². The van der Waals surface area contributed by atoms with E-state index in [2.05, 4.69) is 0 Å². The summed E-state index contributed by atoms with van der Waals surface area (Å²) in [5, 5.41) is -0.388. The predicted octanol–water partition coefficient (Wildman–Crippen LogP) is -0.109. The summed E-state index contributed by atoms with van der Waals surface area (Å²) in [6, 6.07) is 0. The van der Waals surface area contributed by atoms with Crippen LogP contribution in [0, 0.1) is 5.92 Å². The first-order valence-electron chi connectivity index (χ1n) is 4.17. The van der Waals surface area contributed by atoms with Gasteiger partial charge >= 0.3 is 0 Å². The minimum atomic E-state index is -3.31. The van der Waals surface area contributed by atoms with Crippen LogP contribution in [0.5, 0.6) is 0 Å². The zero-order valence-electron chi connectivity index (χ0n) is 6.64. The maximum Gasteiger partial charge on any atom is 0.273 e. The molecule has 0 aromatic heterocycles. The fourth-order valence-corrected chi connectivity index (χ4v) is 4.53. The van der Waals surface area contributed by atoms with Crippen molar-refractivity contribution in [3.63, 3.8) is 0 Å². The molecule has 0 saturated carbocycles. The second-order valence-electron chi connectivity index (χ2n) is 3.83. The predicted molar refractivity (Wildman–Crippen MR) is 40.0 cm³/mol. The Bertz CT molecular complexity index is 320. The fraction of sp³-hybridized carbons (Fsp3) is 1.00. The first-order valence-corrected chi connectivity index (χ1v) is 5.64. The van der Waals surface area contributed by atoms with Gasteiger partial charge in [0.1, 0.15) is 17.5 Å². The van der Waals surface area contributed by atoms with Crippen LogP contribution in [0.25, 0.3) is 0 Å². The smallest absolute Gasteiger partial charge is 0.273 e. The fourth-order valence-electron chi connectivity index (χ4n) is 2.60. The molecule has 3 aliphatic rings. The molecule has 68 valence electrons. The Balaban J connectivity index is 2.14. The zero-order chi connectivity index (χ0) is 8.51. The highest BCUT2D eigenvalue weighted by atomic mass is 32.2. The maximum absolute atomic E-state index is 11.4. The summed E-state index contributed by atoms with van der Waals surface area (Å²) in [7, 11) is -3.31. The lowest BCUT2D eigenvalue weighted by Crippen LogP contribution is -2.34. The van der Waals surface area contributed by atoms with Gasteiger partial charge in [-0.2, -0.15) is 8.42 Å². The van der Waals surface area contributed by atoms with Crippen LogP contribution >= 0.6 is 0 Å². The van der Waals surface area contributed by atoms with Crippen molar-refractivity contribution in [1.29, 1.82) is 0 Å². The standard InChI is InChI=1S/C7H10O4S/c1-3-4-2-5-6(10-4)7(3)12(8,9)11-5/h3-7H,2H2,1H3. The topological polar surface area (TPSA) is 52.6 Å². The van der Waals surface area contributed by atoms with E-state index < -0.39 is 10.1 Å². The molecule has 3 heterocycles. The van der Waals surface area contributed by atoms with Gasteiger partial charge in [-0.1, -0.05) is 6.92 Å². The quantitative estimate of drug-likeness (QED) is 0.500. The maximum atomic E-state index is 11.4. The normalized spacial score (nSPS) is 59.6. The Hall–Kier alpha value is -0.130. The van der Waals surface area contributed by atoms with Crippen LogP contribution in [0.3, 0.4) is 0 Å². The molecule has 0 aliphatic carbocycles. The summed E-state index contributed by atoms with van der Waals surface area (Å²) in [6.07, 6.45) is 0.514. The SMILES string of the molecule is CC1C2CC3OS(=O)(=O)C1C3O2. The van der Waals surface area contributed by atoms with Crippen LogP contribution < -0.4 is 0 Å². The van der Waals surface area contributed by atoms with E-state index in [1.165, 1.54) is 0 Å². The molecule has 0 amide bonds. The van der Waals surface area contributed by atoms with E-state index in [0.29, 0.717) is 0 Å². The Morgan fingerprint density at radius 1 is 1.33 bits per heavy atom. The molecule has 5 unspecified atom stereocenters. The highest BCUT2D eigenvalue weighted by molar-refractivity contribution is 7.87. The van der Waals surface area contributed by atoms with E-state index in [9.17, 15) is 8.42 Å². The van der Waals surface area contributed by atoms with Gasteiger partial charge in [-0.3, -0.25) is 4.18 Å². The molecule has 3 aliphatic heterocycles. The number of fused-ring (bicyclic) bond motifs is 1. The molecule has 0 aromatic rings. The molecule has 0 aromatic carbocycles. The first-order chi connectivity index (χ1) is 5.59. The van der Waals surface area contributed by atoms with E-state index in [0.717, 1.165) is 6.42 Å². The Labute approximate surface area is 71.0 Å². The van der Waals surface area contributed by atoms with Crippen molar-refractivity contribution in [2.45, 2.75) is 36.9 Å². The van der Waals surface area contributed by atoms with E-state index in [4.69, 9.17) is 8.92 Å². The van der Waals surface area contributed by atoms with Gasteiger partial charge < -0.3 is 4.74 Å². The Kier molecular flexibility index (Phi) is 1.13. The molecule has 0 N–H and O–H groups in total. The minimum Gasteiger partial charge on any atom is -0.370 e. The first kappa shape index (κ1) is 7.29. The van der Waals surface area contributed by atoms with Gasteiger partial charge in [-0.25, -0.2) is 0 Å². The second kappa shape index (κ2) is 1.86. The minimum absolute atomic E-state index is 0.110. The number of hydrogen-bond acceptors (Lipinski definition) is 4. The Morgan fingerprint density at radius 3 is 2.67 bits per heavy atom. The molecule has 5 atom stereocenters. The lowest BCUT2D eigenvalue weighted by molar-refractivity contribution is 0.0781. The van der Waals surface area contributed by atoms with Crippen LogP contribution in [-0.4, -0.2) is 32.0 Å². The van der Waals surface area contributed by atoms with Crippen molar-refractivity contribution < 1.29 is 17.3 Å². The lowest BCUT2D eigenvalue weighted by Gasteiger charge is -2.15. The lowest BCUT2D eigenvalue weighted by atomic mass is 9.89. The molecular weight excluding hydrogens is 180 g/mol. The van der Waals surface area contributed by atoms with Crippen molar-refractivity contribution in [3.8, 4) is 0 Å². The molecule has 3 fully saturated rings. The highest BCUT2D eigenvalue weighted by Crippen LogP contribution is 2.49. The molecule has 0 radical (unpaired) electrons. The average molecular weight is 190 g/mol. The zero-order valence-corrected chi connectivity index (χ0v) is 7.45.